The summed E-state index contributed by atoms with van der Waals surface area (Å²) in [6.45, 7) is 1.65. The van der Waals surface area contributed by atoms with E-state index in [1.165, 1.54) is 23.2 Å². The first-order valence-corrected chi connectivity index (χ1v) is 8.55. The second kappa shape index (κ2) is 8.12. The summed E-state index contributed by atoms with van der Waals surface area (Å²) in [6, 6.07) is 14.9. The van der Waals surface area contributed by atoms with Gasteiger partial charge in [-0.2, -0.15) is 0 Å². The second-order valence-corrected chi connectivity index (χ2v) is 6.54. The molecule has 0 unspecified atom stereocenters. The molecular formula is C20H22FN3O2. The highest BCUT2D eigenvalue weighted by molar-refractivity contribution is 5.90. The average molecular weight is 355 g/mol. The number of hydrogen-bond acceptors (Lipinski definition) is 4. The summed E-state index contributed by atoms with van der Waals surface area (Å²) in [6.07, 6.45) is 4.28. The molecule has 1 aliphatic heterocycles. The Morgan fingerprint density at radius 1 is 1.27 bits per heavy atom. The van der Waals surface area contributed by atoms with Crippen LogP contribution in [0.4, 0.5) is 10.1 Å². The van der Waals surface area contributed by atoms with Crippen LogP contribution in [0.25, 0.3) is 6.08 Å². The van der Waals surface area contributed by atoms with Crippen LogP contribution in [0.1, 0.15) is 17.5 Å². The lowest BCUT2D eigenvalue weighted by molar-refractivity contribution is -0.124. The number of hydroxylamine groups is 1. The zero-order valence-corrected chi connectivity index (χ0v) is 14.3. The standard InChI is InChI=1S/C20H22FN3O2/c21-17-12-15(7-9-19(25)24-26)6-8-18(17)23-20(10-11-22-14-20)13-16-4-2-1-3-5-16/h1-9,12,22-23,26H,10-11,13-14H2,(H,24,25)/b9-7+/t20-/m0/s1. The number of rotatable bonds is 6. The van der Waals surface area contributed by atoms with Crippen LogP contribution in [0.3, 0.4) is 0 Å². The molecule has 1 heterocycles. The van der Waals surface area contributed by atoms with Crippen molar-refractivity contribution in [3.8, 4) is 0 Å². The molecule has 26 heavy (non-hydrogen) atoms. The van der Waals surface area contributed by atoms with Gasteiger partial charge in [-0.05, 0) is 48.7 Å². The number of anilines is 1. The maximum Gasteiger partial charge on any atom is 0.267 e. The van der Waals surface area contributed by atoms with E-state index in [-0.39, 0.29) is 11.4 Å². The third-order valence-corrected chi connectivity index (χ3v) is 4.56. The molecule has 0 spiro atoms. The third kappa shape index (κ3) is 4.47. The number of carbonyl (C=O) groups excluding carboxylic acids is 1. The minimum atomic E-state index is -0.661. The molecule has 6 heteroatoms. The van der Waals surface area contributed by atoms with Gasteiger partial charge in [-0.3, -0.25) is 10.0 Å². The van der Waals surface area contributed by atoms with Crippen molar-refractivity contribution >= 4 is 17.7 Å². The summed E-state index contributed by atoms with van der Waals surface area (Å²) in [5.41, 5.74) is 3.44. The molecular weight excluding hydrogens is 333 g/mol. The maximum atomic E-state index is 14.6. The summed E-state index contributed by atoms with van der Waals surface area (Å²) in [5, 5.41) is 15.2. The number of halogens is 1. The van der Waals surface area contributed by atoms with Gasteiger partial charge < -0.3 is 10.6 Å². The number of carbonyl (C=O) groups is 1. The third-order valence-electron chi connectivity index (χ3n) is 4.56. The molecule has 0 aliphatic carbocycles. The molecule has 1 aliphatic rings. The molecule has 0 bridgehead atoms. The highest BCUT2D eigenvalue weighted by Gasteiger charge is 2.34. The number of nitrogens with one attached hydrogen (secondary N) is 3. The largest absolute Gasteiger partial charge is 0.376 e. The van der Waals surface area contributed by atoms with Crippen LogP contribution in [-0.4, -0.2) is 29.7 Å². The molecule has 1 amide bonds. The first-order chi connectivity index (χ1) is 12.6. The number of benzene rings is 2. The average Bonchev–Trinajstić information content (AvgIpc) is 3.10. The highest BCUT2D eigenvalue weighted by Crippen LogP contribution is 2.28. The zero-order valence-electron chi connectivity index (χ0n) is 14.3. The van der Waals surface area contributed by atoms with Crippen molar-refractivity contribution in [1.29, 1.82) is 0 Å². The zero-order chi connectivity index (χ0) is 18.4. The van der Waals surface area contributed by atoms with Crippen molar-refractivity contribution in [2.24, 2.45) is 0 Å². The Morgan fingerprint density at radius 3 is 2.73 bits per heavy atom. The monoisotopic (exact) mass is 355 g/mol. The SMILES string of the molecule is O=C(/C=C/c1ccc(N[C@]2(Cc3ccccc3)CCNC2)c(F)c1)NO. The predicted octanol–water partition coefficient (Wildman–Crippen LogP) is 2.73. The Morgan fingerprint density at radius 2 is 2.08 bits per heavy atom. The van der Waals surface area contributed by atoms with E-state index >= 15 is 0 Å². The molecule has 0 aromatic heterocycles. The summed E-state index contributed by atoms with van der Waals surface area (Å²) in [5.74, 6) is -1.04. The fraction of sp³-hybridized carbons (Fsp3) is 0.250. The topological polar surface area (TPSA) is 73.4 Å². The summed E-state index contributed by atoms with van der Waals surface area (Å²) < 4.78 is 14.6. The van der Waals surface area contributed by atoms with Crippen molar-refractivity contribution in [2.45, 2.75) is 18.4 Å². The molecule has 0 radical (unpaired) electrons. The van der Waals surface area contributed by atoms with Gasteiger partial charge in [-0.1, -0.05) is 36.4 Å². The molecule has 2 aromatic rings. The Bertz CT molecular complexity index is 787. The lowest BCUT2D eigenvalue weighted by Crippen LogP contribution is -2.43. The van der Waals surface area contributed by atoms with Gasteiger partial charge in [-0.25, -0.2) is 9.87 Å². The lowest BCUT2D eigenvalue weighted by atomic mass is 9.89. The summed E-state index contributed by atoms with van der Waals surface area (Å²) >= 11 is 0. The van der Waals surface area contributed by atoms with Gasteiger partial charge in [0.05, 0.1) is 11.2 Å². The summed E-state index contributed by atoms with van der Waals surface area (Å²) in [4.78, 5) is 11.0. The first kappa shape index (κ1) is 18.1. The van der Waals surface area contributed by atoms with Crippen LogP contribution in [0, 0.1) is 5.82 Å². The number of amides is 1. The smallest absolute Gasteiger partial charge is 0.267 e. The van der Waals surface area contributed by atoms with E-state index in [0.29, 0.717) is 11.3 Å². The lowest BCUT2D eigenvalue weighted by Gasteiger charge is -2.31. The first-order valence-electron chi connectivity index (χ1n) is 8.55. The Balaban J connectivity index is 1.77. The Labute approximate surface area is 151 Å². The van der Waals surface area contributed by atoms with Crippen molar-refractivity contribution in [1.82, 2.24) is 10.8 Å². The molecule has 0 saturated carbocycles. The van der Waals surface area contributed by atoms with Crippen LogP contribution in [0.15, 0.2) is 54.6 Å². The van der Waals surface area contributed by atoms with Gasteiger partial charge in [0, 0.05) is 12.6 Å². The van der Waals surface area contributed by atoms with Crippen molar-refractivity contribution in [3.63, 3.8) is 0 Å². The van der Waals surface area contributed by atoms with Gasteiger partial charge in [0.25, 0.3) is 5.91 Å². The Hall–Kier alpha value is -2.70. The van der Waals surface area contributed by atoms with Gasteiger partial charge >= 0.3 is 0 Å². The van der Waals surface area contributed by atoms with E-state index in [1.54, 1.807) is 12.1 Å². The van der Waals surface area contributed by atoms with Crippen molar-refractivity contribution in [3.05, 3.63) is 71.6 Å². The maximum absolute atomic E-state index is 14.6. The molecule has 1 saturated heterocycles. The second-order valence-electron chi connectivity index (χ2n) is 6.54. The highest BCUT2D eigenvalue weighted by atomic mass is 19.1. The van der Waals surface area contributed by atoms with Crippen LogP contribution >= 0.6 is 0 Å². The van der Waals surface area contributed by atoms with E-state index in [2.05, 4.69) is 22.8 Å². The minimum absolute atomic E-state index is 0.240. The van der Waals surface area contributed by atoms with E-state index in [0.717, 1.165) is 32.0 Å². The molecule has 2 aromatic carbocycles. The summed E-state index contributed by atoms with van der Waals surface area (Å²) in [7, 11) is 0. The van der Waals surface area contributed by atoms with Crippen LogP contribution in [0.2, 0.25) is 0 Å². The van der Waals surface area contributed by atoms with Crippen molar-refractivity contribution < 1.29 is 14.4 Å². The van der Waals surface area contributed by atoms with Gasteiger partial charge in [0.1, 0.15) is 5.82 Å². The fourth-order valence-electron chi connectivity index (χ4n) is 3.26. The fourth-order valence-corrected chi connectivity index (χ4v) is 3.26. The number of hydrogen-bond donors (Lipinski definition) is 4. The quantitative estimate of drug-likeness (QED) is 0.365. The molecule has 5 nitrogen and oxygen atoms in total. The molecule has 1 atom stereocenters. The van der Waals surface area contributed by atoms with E-state index in [9.17, 15) is 9.18 Å². The van der Waals surface area contributed by atoms with Crippen LogP contribution < -0.4 is 16.1 Å². The van der Waals surface area contributed by atoms with Crippen molar-refractivity contribution in [2.75, 3.05) is 18.4 Å². The van der Waals surface area contributed by atoms with E-state index < -0.39 is 5.91 Å². The minimum Gasteiger partial charge on any atom is -0.376 e. The van der Waals surface area contributed by atoms with E-state index in [1.807, 2.05) is 18.2 Å². The van der Waals surface area contributed by atoms with E-state index in [4.69, 9.17) is 5.21 Å². The van der Waals surface area contributed by atoms with Crippen LogP contribution in [-0.2, 0) is 11.2 Å². The van der Waals surface area contributed by atoms with Crippen LogP contribution in [0.5, 0.6) is 0 Å². The molecule has 4 N–H and O–H groups in total. The molecule has 1 fully saturated rings. The van der Waals surface area contributed by atoms with Gasteiger partial charge in [0.2, 0.25) is 0 Å². The van der Waals surface area contributed by atoms with Gasteiger partial charge in [-0.15, -0.1) is 0 Å². The molecule has 136 valence electrons. The normalized spacial score (nSPS) is 19.6. The molecule has 3 rings (SSSR count). The Kier molecular flexibility index (Phi) is 5.65. The van der Waals surface area contributed by atoms with Gasteiger partial charge in [0.15, 0.2) is 0 Å². The predicted molar refractivity (Wildman–Crippen MR) is 99.3 cm³/mol.